The average molecular weight is 253 g/mol. The van der Waals surface area contributed by atoms with Gasteiger partial charge in [0, 0.05) is 19.6 Å². The van der Waals surface area contributed by atoms with E-state index in [1.54, 1.807) is 0 Å². The molecule has 0 aromatic heterocycles. The predicted octanol–water partition coefficient (Wildman–Crippen LogP) is 1.71. The lowest BCUT2D eigenvalue weighted by molar-refractivity contribution is -0.142. The number of aliphatic hydroxyl groups is 1. The third-order valence-electron chi connectivity index (χ3n) is 4.61. The van der Waals surface area contributed by atoms with Gasteiger partial charge in [0.05, 0.1) is 5.41 Å². The lowest BCUT2D eigenvalue weighted by Gasteiger charge is -2.24. The molecule has 1 saturated heterocycles. The Morgan fingerprint density at radius 1 is 1.33 bits per heavy atom. The van der Waals surface area contributed by atoms with Crippen molar-refractivity contribution < 1.29 is 14.7 Å². The van der Waals surface area contributed by atoms with Crippen LogP contribution in [0.5, 0.6) is 0 Å². The number of aliphatic hydroxyl groups excluding tert-OH is 1. The van der Waals surface area contributed by atoms with E-state index in [9.17, 15) is 9.59 Å². The molecule has 2 amide bonds. The van der Waals surface area contributed by atoms with Crippen LogP contribution in [0.15, 0.2) is 0 Å². The highest BCUT2D eigenvalue weighted by atomic mass is 16.3. The summed E-state index contributed by atoms with van der Waals surface area (Å²) in [6, 6.07) is 0. The number of hydrogen-bond acceptors (Lipinski definition) is 3. The maximum atomic E-state index is 12.4. The van der Waals surface area contributed by atoms with Gasteiger partial charge in [0.1, 0.15) is 0 Å². The Hall–Kier alpha value is -0.900. The molecule has 2 aliphatic rings. The summed E-state index contributed by atoms with van der Waals surface area (Å²) in [6.07, 6.45) is 5.88. The molecule has 0 bridgehead atoms. The summed E-state index contributed by atoms with van der Waals surface area (Å²) in [4.78, 5) is 25.9. The summed E-state index contributed by atoms with van der Waals surface area (Å²) in [7, 11) is 0. The van der Waals surface area contributed by atoms with Crippen LogP contribution in [0.1, 0.15) is 51.9 Å². The van der Waals surface area contributed by atoms with Crippen molar-refractivity contribution in [1.29, 1.82) is 0 Å². The first-order valence-corrected chi connectivity index (χ1v) is 7.08. The molecule has 4 nitrogen and oxygen atoms in total. The minimum Gasteiger partial charge on any atom is -0.396 e. The molecule has 1 N–H and O–H groups in total. The van der Waals surface area contributed by atoms with Crippen LogP contribution in [0.25, 0.3) is 0 Å². The largest absolute Gasteiger partial charge is 0.396 e. The number of imide groups is 1. The molecule has 1 atom stereocenters. The third-order valence-corrected chi connectivity index (χ3v) is 4.61. The van der Waals surface area contributed by atoms with Gasteiger partial charge in [0.15, 0.2) is 0 Å². The first-order chi connectivity index (χ1) is 8.63. The van der Waals surface area contributed by atoms with Crippen LogP contribution in [0.4, 0.5) is 0 Å². The molecule has 1 aliphatic carbocycles. The maximum Gasteiger partial charge on any atom is 0.235 e. The smallest absolute Gasteiger partial charge is 0.235 e. The number of amides is 2. The highest BCUT2D eigenvalue weighted by Gasteiger charge is 2.52. The second-order valence-electron chi connectivity index (χ2n) is 5.76. The number of carbonyl (C=O) groups is 2. The topological polar surface area (TPSA) is 57.6 Å². The first-order valence-electron chi connectivity index (χ1n) is 7.08. The number of hydrogen-bond donors (Lipinski definition) is 1. The van der Waals surface area contributed by atoms with Gasteiger partial charge in [-0.1, -0.05) is 26.2 Å². The third kappa shape index (κ3) is 2.30. The fourth-order valence-corrected chi connectivity index (χ4v) is 3.35. The molecule has 0 radical (unpaired) electrons. The van der Waals surface area contributed by atoms with Crippen LogP contribution in [-0.4, -0.2) is 35.0 Å². The van der Waals surface area contributed by atoms with Crippen LogP contribution < -0.4 is 0 Å². The van der Waals surface area contributed by atoms with E-state index < -0.39 is 0 Å². The quantitative estimate of drug-likeness (QED) is 0.759. The monoisotopic (exact) mass is 253 g/mol. The summed E-state index contributed by atoms with van der Waals surface area (Å²) in [5.41, 5.74) is -0.353. The molecule has 1 unspecified atom stereocenters. The normalized spacial score (nSPS) is 24.2. The number of carbonyl (C=O) groups excluding carboxylic acids is 2. The van der Waals surface area contributed by atoms with Gasteiger partial charge in [0.25, 0.3) is 0 Å². The summed E-state index contributed by atoms with van der Waals surface area (Å²) in [5.74, 6) is 0.291. The van der Waals surface area contributed by atoms with Crippen molar-refractivity contribution in [2.45, 2.75) is 51.9 Å². The molecule has 0 aromatic rings. The van der Waals surface area contributed by atoms with Crippen molar-refractivity contribution in [3.8, 4) is 0 Å². The van der Waals surface area contributed by atoms with Gasteiger partial charge in [-0.2, -0.15) is 0 Å². The highest BCUT2D eigenvalue weighted by Crippen LogP contribution is 2.47. The van der Waals surface area contributed by atoms with Gasteiger partial charge in [-0.05, 0) is 25.2 Å². The minimum absolute atomic E-state index is 0.00158. The average Bonchev–Trinajstić information content (AvgIpc) is 2.90. The SMILES string of the molecule is CCC(CCO)CN1C(=O)CC2(CCCC2)C1=O. The van der Waals surface area contributed by atoms with E-state index in [4.69, 9.17) is 5.11 Å². The zero-order valence-corrected chi connectivity index (χ0v) is 11.2. The Morgan fingerprint density at radius 2 is 2.00 bits per heavy atom. The van der Waals surface area contributed by atoms with Gasteiger partial charge >= 0.3 is 0 Å². The Morgan fingerprint density at radius 3 is 2.56 bits per heavy atom. The van der Waals surface area contributed by atoms with Crippen LogP contribution in [-0.2, 0) is 9.59 Å². The van der Waals surface area contributed by atoms with Gasteiger partial charge in [-0.3, -0.25) is 14.5 Å². The summed E-state index contributed by atoms with van der Waals surface area (Å²) < 4.78 is 0. The van der Waals surface area contributed by atoms with Gasteiger partial charge < -0.3 is 5.11 Å². The summed E-state index contributed by atoms with van der Waals surface area (Å²) in [5, 5.41) is 8.99. The van der Waals surface area contributed by atoms with Crippen molar-refractivity contribution in [2.75, 3.05) is 13.2 Å². The molecule has 18 heavy (non-hydrogen) atoms. The summed E-state index contributed by atoms with van der Waals surface area (Å²) >= 11 is 0. The number of likely N-dealkylation sites (tertiary alicyclic amines) is 1. The molecular weight excluding hydrogens is 230 g/mol. The van der Waals surface area contributed by atoms with Gasteiger partial charge in [-0.25, -0.2) is 0 Å². The standard InChI is InChI=1S/C14H23NO3/c1-2-11(5-8-16)10-15-12(17)9-14(13(15)18)6-3-4-7-14/h11,16H,2-10H2,1H3. The molecule has 1 saturated carbocycles. The molecule has 0 aromatic carbocycles. The zero-order valence-electron chi connectivity index (χ0n) is 11.2. The second kappa shape index (κ2) is 5.39. The fraction of sp³-hybridized carbons (Fsp3) is 0.857. The second-order valence-corrected chi connectivity index (χ2v) is 5.76. The first kappa shape index (κ1) is 13.5. The fourth-order valence-electron chi connectivity index (χ4n) is 3.35. The van der Waals surface area contributed by atoms with Gasteiger partial charge in [0.2, 0.25) is 11.8 Å². The van der Waals surface area contributed by atoms with Crippen molar-refractivity contribution in [1.82, 2.24) is 4.90 Å². The minimum atomic E-state index is -0.353. The van der Waals surface area contributed by atoms with E-state index in [-0.39, 0.29) is 29.8 Å². The van der Waals surface area contributed by atoms with E-state index >= 15 is 0 Å². The van der Waals surface area contributed by atoms with Crippen LogP contribution in [0.3, 0.4) is 0 Å². The predicted molar refractivity (Wildman–Crippen MR) is 67.7 cm³/mol. The Kier molecular flexibility index (Phi) is 4.05. The lowest BCUT2D eigenvalue weighted by Crippen LogP contribution is -2.38. The number of nitrogens with zero attached hydrogens (tertiary/aromatic N) is 1. The van der Waals surface area contributed by atoms with Crippen LogP contribution in [0.2, 0.25) is 0 Å². The molecular formula is C14H23NO3. The molecule has 2 fully saturated rings. The van der Waals surface area contributed by atoms with E-state index in [0.717, 1.165) is 32.1 Å². The van der Waals surface area contributed by atoms with Crippen molar-refractivity contribution in [3.05, 3.63) is 0 Å². The molecule has 1 aliphatic heterocycles. The molecule has 1 heterocycles. The molecule has 4 heteroatoms. The van der Waals surface area contributed by atoms with E-state index in [0.29, 0.717) is 19.4 Å². The lowest BCUT2D eigenvalue weighted by atomic mass is 9.84. The maximum absolute atomic E-state index is 12.4. The number of rotatable bonds is 5. The van der Waals surface area contributed by atoms with E-state index in [1.807, 2.05) is 6.92 Å². The van der Waals surface area contributed by atoms with Crippen LogP contribution >= 0.6 is 0 Å². The van der Waals surface area contributed by atoms with E-state index in [2.05, 4.69) is 0 Å². The van der Waals surface area contributed by atoms with Crippen molar-refractivity contribution in [2.24, 2.45) is 11.3 Å². The zero-order chi connectivity index (χ0) is 13.2. The van der Waals surface area contributed by atoms with Crippen molar-refractivity contribution in [3.63, 3.8) is 0 Å². The summed E-state index contributed by atoms with van der Waals surface area (Å²) in [6.45, 7) is 2.66. The molecule has 102 valence electrons. The molecule has 1 spiro atoms. The Balaban J connectivity index is 2.05. The Labute approximate surface area is 108 Å². The van der Waals surface area contributed by atoms with E-state index in [1.165, 1.54) is 4.90 Å². The van der Waals surface area contributed by atoms with Crippen molar-refractivity contribution >= 4 is 11.8 Å². The van der Waals surface area contributed by atoms with Crippen LogP contribution in [0, 0.1) is 11.3 Å². The van der Waals surface area contributed by atoms with Gasteiger partial charge in [-0.15, -0.1) is 0 Å². The Bertz CT molecular complexity index is 334. The highest BCUT2D eigenvalue weighted by molar-refractivity contribution is 6.06. The molecule has 2 rings (SSSR count).